The molecule has 2 unspecified atom stereocenters. The molecule has 0 fully saturated rings. The van der Waals surface area contributed by atoms with Gasteiger partial charge in [0, 0.05) is 5.39 Å². The summed E-state index contributed by atoms with van der Waals surface area (Å²) < 4.78 is 6.39. The Bertz CT molecular complexity index is 719. The molecule has 0 saturated carbocycles. The van der Waals surface area contributed by atoms with Crippen LogP contribution in [0.25, 0.3) is 10.8 Å². The molecule has 0 spiro atoms. The third-order valence-electron chi connectivity index (χ3n) is 5.84. The first-order chi connectivity index (χ1) is 11.3. The molecule has 0 amide bonds. The fourth-order valence-corrected chi connectivity index (χ4v) is 4.39. The largest absolute Gasteiger partial charge is 0.487 e. The van der Waals surface area contributed by atoms with Crippen LogP contribution >= 0.6 is 0 Å². The van der Waals surface area contributed by atoms with Crippen molar-refractivity contribution in [3.63, 3.8) is 0 Å². The lowest BCUT2D eigenvalue weighted by atomic mass is 9.76. The van der Waals surface area contributed by atoms with E-state index in [2.05, 4.69) is 78.8 Å². The zero-order valence-electron chi connectivity index (χ0n) is 16.3. The predicted octanol–water partition coefficient (Wildman–Crippen LogP) is 6.90. The highest BCUT2D eigenvalue weighted by Gasteiger charge is 2.38. The topological polar surface area (TPSA) is 9.23 Å². The maximum atomic E-state index is 6.39. The highest BCUT2D eigenvalue weighted by Crippen LogP contribution is 2.54. The molecule has 1 nitrogen and oxygen atoms in total. The van der Waals surface area contributed by atoms with Crippen molar-refractivity contribution in [3.05, 3.63) is 41.5 Å². The molecule has 1 heteroatoms. The SMILES string of the molecule is CCC(C)(C)Oc1ccc2c3c(cccc13)C(C(C)C)C2C(C)C. The van der Waals surface area contributed by atoms with Gasteiger partial charge in [0.05, 0.1) is 0 Å². The van der Waals surface area contributed by atoms with E-state index in [9.17, 15) is 0 Å². The quantitative estimate of drug-likeness (QED) is 0.581. The second-order valence-electron chi connectivity index (χ2n) is 8.68. The zero-order valence-corrected chi connectivity index (χ0v) is 16.3. The molecular weight excluding hydrogens is 292 g/mol. The molecule has 0 aromatic heterocycles. The van der Waals surface area contributed by atoms with Gasteiger partial charge in [0.2, 0.25) is 0 Å². The molecule has 0 radical (unpaired) electrons. The van der Waals surface area contributed by atoms with Crippen LogP contribution < -0.4 is 4.74 Å². The van der Waals surface area contributed by atoms with Crippen LogP contribution in [0, 0.1) is 11.8 Å². The van der Waals surface area contributed by atoms with Crippen molar-refractivity contribution in [1.29, 1.82) is 0 Å². The van der Waals surface area contributed by atoms with Gasteiger partial charge in [0.15, 0.2) is 0 Å². The van der Waals surface area contributed by atoms with Gasteiger partial charge >= 0.3 is 0 Å². The Morgan fingerprint density at radius 2 is 1.50 bits per heavy atom. The van der Waals surface area contributed by atoms with Crippen molar-refractivity contribution in [1.82, 2.24) is 0 Å². The van der Waals surface area contributed by atoms with Crippen LogP contribution in [0.5, 0.6) is 5.75 Å². The van der Waals surface area contributed by atoms with Gasteiger partial charge in [0.1, 0.15) is 11.4 Å². The van der Waals surface area contributed by atoms with Gasteiger partial charge in [-0.05, 0) is 66.5 Å². The van der Waals surface area contributed by atoms with E-state index in [-0.39, 0.29) is 5.60 Å². The van der Waals surface area contributed by atoms with E-state index in [0.29, 0.717) is 23.7 Å². The maximum absolute atomic E-state index is 6.39. The van der Waals surface area contributed by atoms with Crippen LogP contribution in [0.4, 0.5) is 0 Å². The summed E-state index contributed by atoms with van der Waals surface area (Å²) in [5.41, 5.74) is 2.92. The summed E-state index contributed by atoms with van der Waals surface area (Å²) in [7, 11) is 0. The lowest BCUT2D eigenvalue weighted by Gasteiger charge is -2.28. The van der Waals surface area contributed by atoms with E-state index in [1.165, 1.54) is 21.9 Å². The van der Waals surface area contributed by atoms with Crippen LogP contribution in [0.1, 0.15) is 77.8 Å². The van der Waals surface area contributed by atoms with E-state index < -0.39 is 0 Å². The summed E-state index contributed by atoms with van der Waals surface area (Å²) in [6, 6.07) is 11.3. The van der Waals surface area contributed by atoms with Crippen molar-refractivity contribution in [2.24, 2.45) is 11.8 Å². The monoisotopic (exact) mass is 324 g/mol. The molecule has 0 heterocycles. The predicted molar refractivity (Wildman–Crippen MR) is 104 cm³/mol. The number of hydrogen-bond donors (Lipinski definition) is 0. The van der Waals surface area contributed by atoms with Gasteiger partial charge in [0.25, 0.3) is 0 Å². The molecule has 0 N–H and O–H groups in total. The lowest BCUT2D eigenvalue weighted by Crippen LogP contribution is -2.26. The second-order valence-corrected chi connectivity index (χ2v) is 8.68. The molecule has 1 aliphatic rings. The first-order valence-electron chi connectivity index (χ1n) is 9.51. The summed E-state index contributed by atoms with van der Waals surface area (Å²) in [6.07, 6.45) is 0.999. The molecule has 3 rings (SSSR count). The minimum atomic E-state index is -0.132. The average molecular weight is 325 g/mol. The fraction of sp³-hybridized carbons (Fsp3) is 0.565. The van der Waals surface area contributed by atoms with E-state index >= 15 is 0 Å². The number of rotatable bonds is 5. The van der Waals surface area contributed by atoms with Gasteiger partial charge in [-0.3, -0.25) is 0 Å². The number of ether oxygens (including phenoxy) is 1. The maximum Gasteiger partial charge on any atom is 0.127 e. The molecular formula is C23H32O. The molecule has 0 aliphatic heterocycles. The molecule has 2 aromatic rings. The van der Waals surface area contributed by atoms with E-state index in [1.54, 1.807) is 0 Å². The van der Waals surface area contributed by atoms with Crippen LogP contribution in [-0.4, -0.2) is 5.60 Å². The summed E-state index contributed by atoms with van der Waals surface area (Å²) >= 11 is 0. The van der Waals surface area contributed by atoms with Crippen molar-refractivity contribution in [3.8, 4) is 5.75 Å². The van der Waals surface area contributed by atoms with Crippen LogP contribution in [0.3, 0.4) is 0 Å². The lowest BCUT2D eigenvalue weighted by molar-refractivity contribution is 0.107. The van der Waals surface area contributed by atoms with Crippen molar-refractivity contribution in [2.45, 2.75) is 72.3 Å². The molecule has 0 saturated heterocycles. The second kappa shape index (κ2) is 6.10. The molecule has 2 aromatic carbocycles. The number of benzene rings is 2. The van der Waals surface area contributed by atoms with Crippen molar-refractivity contribution >= 4 is 10.8 Å². The standard InChI is InChI=1S/C23H32O/c1-8-23(6,7)24-19-13-12-18-21(15(4)5)20(14(2)3)17-11-9-10-16(19)22(17)18/h9-15,20-21H,8H2,1-7H3. The Balaban J connectivity index is 2.21. The van der Waals surface area contributed by atoms with Gasteiger partial charge in [-0.1, -0.05) is 58.9 Å². The highest BCUT2D eigenvalue weighted by molar-refractivity contribution is 5.96. The highest BCUT2D eigenvalue weighted by atomic mass is 16.5. The Morgan fingerprint density at radius 1 is 0.917 bits per heavy atom. The van der Waals surface area contributed by atoms with Crippen LogP contribution in [-0.2, 0) is 0 Å². The van der Waals surface area contributed by atoms with Gasteiger partial charge in [-0.25, -0.2) is 0 Å². The zero-order chi connectivity index (χ0) is 17.6. The fourth-order valence-electron chi connectivity index (χ4n) is 4.39. The van der Waals surface area contributed by atoms with Crippen molar-refractivity contribution < 1.29 is 4.74 Å². The van der Waals surface area contributed by atoms with Gasteiger partial charge in [-0.15, -0.1) is 0 Å². The molecule has 1 aliphatic carbocycles. The normalized spacial score (nSPS) is 20.4. The molecule has 0 bridgehead atoms. The van der Waals surface area contributed by atoms with Gasteiger partial charge < -0.3 is 4.74 Å². The van der Waals surface area contributed by atoms with E-state index in [4.69, 9.17) is 4.74 Å². The summed E-state index contributed by atoms with van der Waals surface area (Å²) in [4.78, 5) is 0. The van der Waals surface area contributed by atoms with Crippen LogP contribution in [0.2, 0.25) is 0 Å². The van der Waals surface area contributed by atoms with E-state index in [0.717, 1.165) is 12.2 Å². The third-order valence-corrected chi connectivity index (χ3v) is 5.84. The smallest absolute Gasteiger partial charge is 0.127 e. The molecule has 130 valence electrons. The Hall–Kier alpha value is -1.50. The Kier molecular flexibility index (Phi) is 4.40. The first-order valence-corrected chi connectivity index (χ1v) is 9.51. The minimum absolute atomic E-state index is 0.132. The molecule has 2 atom stereocenters. The Labute approximate surface area is 147 Å². The minimum Gasteiger partial charge on any atom is -0.487 e. The molecule has 24 heavy (non-hydrogen) atoms. The summed E-state index contributed by atoms with van der Waals surface area (Å²) in [5.74, 6) is 3.55. The number of hydrogen-bond acceptors (Lipinski definition) is 1. The Morgan fingerprint density at radius 3 is 2.04 bits per heavy atom. The third kappa shape index (κ3) is 2.72. The summed E-state index contributed by atoms with van der Waals surface area (Å²) in [6.45, 7) is 16.0. The van der Waals surface area contributed by atoms with E-state index in [1.807, 2.05) is 0 Å². The van der Waals surface area contributed by atoms with Gasteiger partial charge in [-0.2, -0.15) is 0 Å². The summed E-state index contributed by atoms with van der Waals surface area (Å²) in [5, 5.41) is 2.75. The van der Waals surface area contributed by atoms with Crippen LogP contribution in [0.15, 0.2) is 30.3 Å². The average Bonchev–Trinajstić information content (AvgIpc) is 2.86. The van der Waals surface area contributed by atoms with Crippen molar-refractivity contribution in [2.75, 3.05) is 0 Å². The first kappa shape index (κ1) is 17.3.